The van der Waals surface area contributed by atoms with Crippen molar-refractivity contribution in [1.29, 1.82) is 0 Å². The van der Waals surface area contributed by atoms with E-state index in [1.807, 2.05) is 36.4 Å². The van der Waals surface area contributed by atoms with Crippen molar-refractivity contribution in [2.45, 2.75) is 0 Å². The number of furan rings is 1. The average Bonchev–Trinajstić information content (AvgIpc) is 3.69. The number of hydrogen-bond donors (Lipinski definition) is 0. The van der Waals surface area contributed by atoms with Crippen molar-refractivity contribution < 1.29 is 4.42 Å². The summed E-state index contributed by atoms with van der Waals surface area (Å²) in [5.74, 6) is 1.77. The average molecular weight is 615 g/mol. The van der Waals surface area contributed by atoms with Crippen molar-refractivity contribution in [3.63, 3.8) is 0 Å². The van der Waals surface area contributed by atoms with E-state index in [1.165, 1.54) is 16.2 Å². The highest BCUT2D eigenvalue weighted by Gasteiger charge is 2.19. The van der Waals surface area contributed by atoms with E-state index in [0.29, 0.717) is 17.5 Å². The molecule has 0 aliphatic rings. The molecule has 7 aromatic carbocycles. The first kappa shape index (κ1) is 26.6. The topological polar surface area (TPSA) is 56.7 Å². The van der Waals surface area contributed by atoms with Crippen LogP contribution >= 0.6 is 0 Å². The molecule has 0 saturated carbocycles. The number of fused-ring (bicyclic) bond motifs is 7. The molecule has 0 spiro atoms. The van der Waals surface area contributed by atoms with E-state index in [-0.39, 0.29) is 0 Å². The van der Waals surface area contributed by atoms with Gasteiger partial charge in [0, 0.05) is 38.4 Å². The summed E-state index contributed by atoms with van der Waals surface area (Å²) < 4.78 is 8.90. The van der Waals surface area contributed by atoms with E-state index < -0.39 is 0 Å². The minimum absolute atomic E-state index is 0.565. The molecule has 0 fully saturated rings. The summed E-state index contributed by atoms with van der Waals surface area (Å²) in [7, 11) is 0. The van der Waals surface area contributed by atoms with Gasteiger partial charge in [-0.3, -0.25) is 0 Å². The van der Waals surface area contributed by atoms with Crippen LogP contribution in [-0.2, 0) is 0 Å². The van der Waals surface area contributed by atoms with Gasteiger partial charge in [0.1, 0.15) is 11.2 Å². The van der Waals surface area contributed by atoms with Gasteiger partial charge in [-0.05, 0) is 53.2 Å². The van der Waals surface area contributed by atoms with Crippen molar-refractivity contribution in [1.82, 2.24) is 19.5 Å². The van der Waals surface area contributed by atoms with Gasteiger partial charge in [0.05, 0.1) is 16.6 Å². The third-order valence-electron chi connectivity index (χ3n) is 9.22. The Morgan fingerprint density at radius 3 is 1.77 bits per heavy atom. The van der Waals surface area contributed by atoms with Gasteiger partial charge in [0.15, 0.2) is 17.5 Å². The van der Waals surface area contributed by atoms with Crippen LogP contribution in [0.2, 0.25) is 0 Å². The van der Waals surface area contributed by atoms with Gasteiger partial charge < -0.3 is 8.98 Å². The fourth-order valence-electron chi connectivity index (χ4n) is 6.99. The molecule has 0 bridgehead atoms. The van der Waals surface area contributed by atoms with Crippen molar-refractivity contribution >= 4 is 54.5 Å². The molecule has 10 aromatic rings. The molecule has 0 aliphatic heterocycles. The number of para-hydroxylation sites is 3. The van der Waals surface area contributed by atoms with Gasteiger partial charge >= 0.3 is 0 Å². The Kier molecular flexibility index (Phi) is 5.81. The summed E-state index contributed by atoms with van der Waals surface area (Å²) in [4.78, 5) is 15.2. The first-order chi connectivity index (χ1) is 23.8. The minimum atomic E-state index is 0.565. The van der Waals surface area contributed by atoms with E-state index in [4.69, 9.17) is 19.4 Å². The maximum Gasteiger partial charge on any atom is 0.167 e. The van der Waals surface area contributed by atoms with Crippen LogP contribution in [0.4, 0.5) is 0 Å². The van der Waals surface area contributed by atoms with Gasteiger partial charge in [-0.15, -0.1) is 0 Å². The highest BCUT2D eigenvalue weighted by Crippen LogP contribution is 2.38. The van der Waals surface area contributed by atoms with E-state index in [1.54, 1.807) is 0 Å². The lowest BCUT2D eigenvalue weighted by Gasteiger charge is -2.11. The molecule has 10 rings (SSSR count). The lowest BCUT2D eigenvalue weighted by molar-refractivity contribution is 0.670. The molecule has 0 saturated heterocycles. The third-order valence-corrected chi connectivity index (χ3v) is 9.22. The van der Waals surface area contributed by atoms with Gasteiger partial charge in [0.2, 0.25) is 0 Å². The molecule has 0 amide bonds. The normalized spacial score (nSPS) is 11.8. The van der Waals surface area contributed by atoms with E-state index >= 15 is 0 Å². The van der Waals surface area contributed by atoms with Crippen LogP contribution in [0, 0.1) is 0 Å². The van der Waals surface area contributed by atoms with Crippen molar-refractivity contribution in [2.75, 3.05) is 0 Å². The standard InChI is InChI=1S/C43H26N4O/c1-2-12-27(13-3-1)41-44-42(30-16-10-17-31(24-30)47-37-22-8-6-18-32(37)33-19-7-9-23-38(33)47)46-43(45-41)35-21-11-20-34-36-25-28-14-4-5-15-29(28)26-39(36)48-40(34)35/h1-26H. The Bertz CT molecular complexity index is 2800. The lowest BCUT2D eigenvalue weighted by Crippen LogP contribution is -2.01. The maximum absolute atomic E-state index is 6.58. The van der Waals surface area contributed by atoms with Gasteiger partial charge in [-0.25, -0.2) is 15.0 Å². The van der Waals surface area contributed by atoms with Crippen LogP contribution in [0.5, 0.6) is 0 Å². The summed E-state index contributed by atoms with van der Waals surface area (Å²) in [6.07, 6.45) is 0. The minimum Gasteiger partial charge on any atom is -0.455 e. The molecule has 0 aliphatic carbocycles. The Balaban J connectivity index is 1.19. The SMILES string of the molecule is c1ccc(-c2nc(-c3cccc(-n4c5ccccc5c5ccccc54)c3)nc(-c3cccc4c3oc3cc5ccccc5cc34)n2)cc1. The summed E-state index contributed by atoms with van der Waals surface area (Å²) in [5.41, 5.74) is 7.60. The smallest absolute Gasteiger partial charge is 0.167 e. The number of aromatic nitrogens is 4. The molecule has 48 heavy (non-hydrogen) atoms. The largest absolute Gasteiger partial charge is 0.455 e. The predicted octanol–water partition coefficient (Wildman–Crippen LogP) is 11.0. The first-order valence-electron chi connectivity index (χ1n) is 16.0. The zero-order valence-electron chi connectivity index (χ0n) is 25.7. The summed E-state index contributed by atoms with van der Waals surface area (Å²) in [6, 6.07) is 54.5. The van der Waals surface area contributed by atoms with Crippen LogP contribution in [0.15, 0.2) is 162 Å². The second-order valence-corrected chi connectivity index (χ2v) is 12.1. The van der Waals surface area contributed by atoms with Gasteiger partial charge in [-0.1, -0.05) is 115 Å². The fourth-order valence-corrected chi connectivity index (χ4v) is 6.99. The first-order valence-corrected chi connectivity index (χ1v) is 16.0. The lowest BCUT2D eigenvalue weighted by atomic mass is 10.0. The second-order valence-electron chi connectivity index (χ2n) is 12.1. The van der Waals surface area contributed by atoms with Gasteiger partial charge in [0.25, 0.3) is 0 Å². The molecular weight excluding hydrogens is 589 g/mol. The number of nitrogens with zero attached hydrogens (tertiary/aromatic N) is 4. The molecular formula is C43H26N4O. The zero-order valence-corrected chi connectivity index (χ0v) is 25.7. The van der Waals surface area contributed by atoms with Crippen LogP contribution < -0.4 is 0 Å². The molecule has 5 heteroatoms. The Hall–Kier alpha value is -6.59. The quantitative estimate of drug-likeness (QED) is 0.198. The summed E-state index contributed by atoms with van der Waals surface area (Å²) in [6.45, 7) is 0. The molecule has 0 unspecified atom stereocenters. The zero-order chi connectivity index (χ0) is 31.6. The Morgan fingerprint density at radius 1 is 0.417 bits per heavy atom. The highest BCUT2D eigenvalue weighted by molar-refractivity contribution is 6.13. The van der Waals surface area contributed by atoms with E-state index in [9.17, 15) is 0 Å². The van der Waals surface area contributed by atoms with Crippen LogP contribution in [0.25, 0.3) is 94.4 Å². The number of hydrogen-bond acceptors (Lipinski definition) is 4. The molecule has 3 heterocycles. The van der Waals surface area contributed by atoms with Crippen LogP contribution in [-0.4, -0.2) is 19.5 Å². The highest BCUT2D eigenvalue weighted by atomic mass is 16.3. The summed E-state index contributed by atoms with van der Waals surface area (Å²) in [5, 5.41) is 6.86. The van der Waals surface area contributed by atoms with Gasteiger partial charge in [-0.2, -0.15) is 0 Å². The molecule has 5 nitrogen and oxygen atoms in total. The second kappa shape index (κ2) is 10.5. The molecule has 0 radical (unpaired) electrons. The Morgan fingerprint density at radius 2 is 1.00 bits per heavy atom. The predicted molar refractivity (Wildman–Crippen MR) is 195 cm³/mol. The molecule has 224 valence electrons. The van der Waals surface area contributed by atoms with Crippen molar-refractivity contribution in [3.05, 3.63) is 158 Å². The van der Waals surface area contributed by atoms with Crippen LogP contribution in [0.1, 0.15) is 0 Å². The molecule has 3 aromatic heterocycles. The summed E-state index contributed by atoms with van der Waals surface area (Å²) >= 11 is 0. The monoisotopic (exact) mass is 614 g/mol. The van der Waals surface area contributed by atoms with Crippen LogP contribution in [0.3, 0.4) is 0 Å². The third kappa shape index (κ3) is 4.15. The molecule has 0 N–H and O–H groups in total. The molecule has 0 atom stereocenters. The van der Waals surface area contributed by atoms with Crippen molar-refractivity contribution in [3.8, 4) is 39.9 Å². The van der Waals surface area contributed by atoms with Crippen molar-refractivity contribution in [2.24, 2.45) is 0 Å². The maximum atomic E-state index is 6.58. The van der Waals surface area contributed by atoms with E-state index in [2.05, 4.69) is 126 Å². The number of rotatable bonds is 4. The van der Waals surface area contributed by atoms with E-state index in [0.717, 1.165) is 60.7 Å². The number of benzene rings is 7. The fraction of sp³-hybridized carbons (Fsp3) is 0. The Labute approximate surface area is 275 Å².